The molecule has 0 aromatic carbocycles. The second-order valence-electron chi connectivity index (χ2n) is 6.21. The summed E-state index contributed by atoms with van der Waals surface area (Å²) in [5, 5.41) is 0.831. The molecule has 1 aromatic rings. The van der Waals surface area contributed by atoms with Gasteiger partial charge in [0.15, 0.2) is 5.13 Å². The Hall–Kier alpha value is -1.30. The number of anilines is 2. The number of aromatic nitrogens is 1. The fraction of sp³-hybridized carbons (Fsp3) is 0.733. The molecule has 0 bridgehead atoms. The predicted molar refractivity (Wildman–Crippen MR) is 89.0 cm³/mol. The van der Waals surface area contributed by atoms with Crippen molar-refractivity contribution in [3.8, 4) is 0 Å². The van der Waals surface area contributed by atoms with Gasteiger partial charge in [-0.25, -0.2) is 4.98 Å². The van der Waals surface area contributed by atoms with Crippen LogP contribution in [0.5, 0.6) is 0 Å². The molecule has 0 spiro atoms. The van der Waals surface area contributed by atoms with Crippen molar-refractivity contribution in [1.82, 2.24) is 9.88 Å². The number of hydrogen-bond donors (Lipinski definition) is 1. The molecule has 0 radical (unpaired) electrons. The first-order valence-electron chi connectivity index (χ1n) is 7.72. The lowest BCUT2D eigenvalue weighted by molar-refractivity contribution is 0.0728. The molecule has 1 amide bonds. The zero-order chi connectivity index (χ0) is 15.6. The quantitative estimate of drug-likeness (QED) is 0.841. The van der Waals surface area contributed by atoms with E-state index in [2.05, 4.69) is 30.7 Å². The first-order valence-corrected chi connectivity index (χ1v) is 8.54. The summed E-state index contributed by atoms with van der Waals surface area (Å²) >= 11 is 1.41. The zero-order valence-corrected chi connectivity index (χ0v) is 14.2. The van der Waals surface area contributed by atoms with E-state index in [1.807, 2.05) is 11.9 Å². The van der Waals surface area contributed by atoms with E-state index in [9.17, 15) is 4.79 Å². The molecule has 2 N–H and O–H groups in total. The highest BCUT2D eigenvalue weighted by Gasteiger charge is 2.35. The smallest absolute Gasteiger partial charge is 0.268 e. The Kier molecular flexibility index (Phi) is 5.08. The van der Waals surface area contributed by atoms with Crippen LogP contribution < -0.4 is 10.6 Å². The zero-order valence-electron chi connectivity index (χ0n) is 13.4. The normalized spacial score (nSPS) is 14.5. The predicted octanol–water partition coefficient (Wildman–Crippen LogP) is 2.83. The number of amides is 1. The van der Waals surface area contributed by atoms with E-state index < -0.39 is 0 Å². The number of carbonyl (C=O) groups excluding carboxylic acids is 1. The summed E-state index contributed by atoms with van der Waals surface area (Å²) in [6.07, 6.45) is 3.26. The van der Waals surface area contributed by atoms with Gasteiger partial charge in [0.2, 0.25) is 0 Å². The number of thiazole rings is 1. The van der Waals surface area contributed by atoms with E-state index in [0.717, 1.165) is 37.5 Å². The fourth-order valence-electron chi connectivity index (χ4n) is 2.38. The van der Waals surface area contributed by atoms with Crippen LogP contribution in [-0.2, 0) is 0 Å². The van der Waals surface area contributed by atoms with E-state index in [-0.39, 0.29) is 5.91 Å². The molecule has 1 aromatic heterocycles. The highest BCUT2D eigenvalue weighted by Crippen LogP contribution is 2.33. The van der Waals surface area contributed by atoms with E-state index in [1.165, 1.54) is 11.3 Å². The highest BCUT2D eigenvalue weighted by molar-refractivity contribution is 7.18. The van der Waals surface area contributed by atoms with Crippen LogP contribution in [0.25, 0.3) is 0 Å². The standard InChI is InChI=1S/C15H26N4OS/c1-5-8-18(4)15-17-13(16)12(21-15)14(20)19(9-10(2)3)11-6-7-11/h10-11H,5-9,16H2,1-4H3. The lowest BCUT2D eigenvalue weighted by atomic mass is 10.2. The Morgan fingerprint density at radius 1 is 1.48 bits per heavy atom. The number of nitrogens with two attached hydrogens (primary N) is 1. The molecule has 1 aliphatic carbocycles. The Labute approximate surface area is 131 Å². The summed E-state index contributed by atoms with van der Waals surface area (Å²) in [6, 6.07) is 0.401. The molecule has 2 rings (SSSR count). The molecule has 0 unspecified atom stereocenters. The Balaban J connectivity index is 2.17. The molecule has 118 valence electrons. The van der Waals surface area contributed by atoms with Gasteiger partial charge in [0, 0.05) is 26.2 Å². The van der Waals surface area contributed by atoms with Crippen LogP contribution in [0.15, 0.2) is 0 Å². The molecule has 0 aliphatic heterocycles. The maximum absolute atomic E-state index is 12.8. The molecule has 6 heteroatoms. The van der Waals surface area contributed by atoms with Crippen molar-refractivity contribution < 1.29 is 4.79 Å². The molecule has 1 aliphatic rings. The lowest BCUT2D eigenvalue weighted by Gasteiger charge is -2.23. The highest BCUT2D eigenvalue weighted by atomic mass is 32.1. The molecule has 1 saturated carbocycles. The minimum absolute atomic E-state index is 0.0531. The van der Waals surface area contributed by atoms with Crippen LogP contribution in [0.1, 0.15) is 49.7 Å². The molecular weight excluding hydrogens is 284 g/mol. The number of carbonyl (C=O) groups is 1. The van der Waals surface area contributed by atoms with Gasteiger partial charge >= 0.3 is 0 Å². The van der Waals surface area contributed by atoms with Gasteiger partial charge < -0.3 is 15.5 Å². The van der Waals surface area contributed by atoms with Crippen LogP contribution >= 0.6 is 11.3 Å². The van der Waals surface area contributed by atoms with Gasteiger partial charge in [0.05, 0.1) is 0 Å². The van der Waals surface area contributed by atoms with Gasteiger partial charge in [-0.1, -0.05) is 32.1 Å². The largest absolute Gasteiger partial charge is 0.382 e. The van der Waals surface area contributed by atoms with Crippen molar-refractivity contribution in [2.24, 2.45) is 5.92 Å². The monoisotopic (exact) mass is 310 g/mol. The summed E-state index contributed by atoms with van der Waals surface area (Å²) in [7, 11) is 1.99. The summed E-state index contributed by atoms with van der Waals surface area (Å²) in [6.45, 7) is 8.11. The van der Waals surface area contributed by atoms with Gasteiger partial charge in [0.1, 0.15) is 10.7 Å². The number of rotatable bonds is 7. The molecule has 1 heterocycles. The molecule has 0 saturated heterocycles. The first-order chi connectivity index (χ1) is 9.93. The van der Waals surface area contributed by atoms with E-state index in [4.69, 9.17) is 5.73 Å². The molecule has 21 heavy (non-hydrogen) atoms. The lowest BCUT2D eigenvalue weighted by Crippen LogP contribution is -2.36. The third-order valence-corrected chi connectivity index (χ3v) is 4.71. The molecular formula is C15H26N4OS. The van der Waals surface area contributed by atoms with Crippen molar-refractivity contribution in [3.63, 3.8) is 0 Å². The first kappa shape index (κ1) is 16.1. The SMILES string of the molecule is CCCN(C)c1nc(N)c(C(=O)N(CC(C)C)C2CC2)s1. The van der Waals surface area contributed by atoms with Crippen LogP contribution in [0.2, 0.25) is 0 Å². The molecule has 0 atom stereocenters. The van der Waals surface area contributed by atoms with Crippen LogP contribution in [0.4, 0.5) is 10.9 Å². The Morgan fingerprint density at radius 2 is 2.14 bits per heavy atom. The Morgan fingerprint density at radius 3 is 2.67 bits per heavy atom. The second-order valence-corrected chi connectivity index (χ2v) is 7.19. The average Bonchev–Trinajstić information content (AvgIpc) is 3.18. The Bertz CT molecular complexity index is 496. The van der Waals surface area contributed by atoms with Crippen molar-refractivity contribution in [2.75, 3.05) is 30.8 Å². The number of nitrogens with zero attached hydrogens (tertiary/aromatic N) is 3. The van der Waals surface area contributed by atoms with Gasteiger partial charge in [-0.3, -0.25) is 4.79 Å². The second kappa shape index (κ2) is 6.64. The average molecular weight is 310 g/mol. The minimum Gasteiger partial charge on any atom is -0.382 e. The summed E-state index contributed by atoms with van der Waals surface area (Å²) in [4.78, 5) is 21.8. The van der Waals surface area contributed by atoms with E-state index >= 15 is 0 Å². The van der Waals surface area contributed by atoms with E-state index in [1.54, 1.807) is 0 Å². The fourth-order valence-corrected chi connectivity index (χ4v) is 3.30. The van der Waals surface area contributed by atoms with Gasteiger partial charge in [0.25, 0.3) is 5.91 Å². The van der Waals surface area contributed by atoms with Crippen molar-refractivity contribution >= 4 is 28.2 Å². The van der Waals surface area contributed by atoms with Crippen LogP contribution in [-0.4, -0.2) is 42.0 Å². The van der Waals surface area contributed by atoms with Crippen molar-refractivity contribution in [3.05, 3.63) is 4.88 Å². The summed E-state index contributed by atoms with van der Waals surface area (Å²) < 4.78 is 0. The summed E-state index contributed by atoms with van der Waals surface area (Å²) in [5.74, 6) is 0.889. The number of nitrogen functional groups attached to an aromatic ring is 1. The number of hydrogen-bond acceptors (Lipinski definition) is 5. The molecule has 1 fully saturated rings. The summed E-state index contributed by atoms with van der Waals surface area (Å²) in [5.41, 5.74) is 5.99. The van der Waals surface area contributed by atoms with Gasteiger partial charge in [-0.2, -0.15) is 0 Å². The minimum atomic E-state index is 0.0531. The maximum atomic E-state index is 12.8. The van der Waals surface area contributed by atoms with Crippen molar-refractivity contribution in [1.29, 1.82) is 0 Å². The van der Waals surface area contributed by atoms with Gasteiger partial charge in [-0.15, -0.1) is 0 Å². The van der Waals surface area contributed by atoms with Crippen LogP contribution in [0.3, 0.4) is 0 Å². The third-order valence-electron chi connectivity index (χ3n) is 3.53. The van der Waals surface area contributed by atoms with Gasteiger partial charge in [-0.05, 0) is 25.2 Å². The third kappa shape index (κ3) is 3.87. The van der Waals surface area contributed by atoms with Crippen LogP contribution in [0, 0.1) is 5.92 Å². The van der Waals surface area contributed by atoms with Crippen molar-refractivity contribution in [2.45, 2.75) is 46.1 Å². The maximum Gasteiger partial charge on any atom is 0.268 e. The molecule has 5 nitrogen and oxygen atoms in total. The topological polar surface area (TPSA) is 62.5 Å². The van der Waals surface area contributed by atoms with E-state index in [0.29, 0.717) is 22.7 Å².